The van der Waals surface area contributed by atoms with Crippen LogP contribution in [-0.4, -0.2) is 20.4 Å². The Balaban J connectivity index is 0.970. The Morgan fingerprint density at radius 1 is 0.382 bits per heavy atom. The molecular weight excluding hydrogens is 930 g/mol. The van der Waals surface area contributed by atoms with E-state index in [1.54, 1.807) is 0 Å². The largest absolute Gasteiger partial charge is 0.458 e. The first-order valence-corrected chi connectivity index (χ1v) is 26.4. The first kappa shape index (κ1) is 40.7. The van der Waals surface area contributed by atoms with Crippen molar-refractivity contribution in [1.29, 1.82) is 0 Å². The molecule has 0 spiro atoms. The van der Waals surface area contributed by atoms with Crippen molar-refractivity contribution in [2.45, 2.75) is 19.8 Å². The van der Waals surface area contributed by atoms with Crippen LogP contribution in [0.1, 0.15) is 25.3 Å². The Bertz CT molecular complexity index is 5150. The molecule has 5 aromatic heterocycles. The summed E-state index contributed by atoms with van der Waals surface area (Å²) in [6.07, 6.45) is 0. The monoisotopic (exact) mass is 971 g/mol. The number of para-hydroxylation sites is 4. The predicted molar refractivity (Wildman–Crippen MR) is 315 cm³/mol. The van der Waals surface area contributed by atoms with Crippen LogP contribution in [0.2, 0.25) is 0 Å². The fraction of sp³-hybridized carbons (Fsp3) is 0.0435. The van der Waals surface area contributed by atoms with Gasteiger partial charge in [-0.05, 0) is 130 Å². The first-order chi connectivity index (χ1) is 37.5. The molecular formula is C69H42BN3O3. The van der Waals surface area contributed by atoms with Crippen molar-refractivity contribution in [3.8, 4) is 39.7 Å². The second-order valence-electron chi connectivity index (χ2n) is 21.3. The van der Waals surface area contributed by atoms with E-state index in [1.807, 2.05) is 0 Å². The summed E-state index contributed by atoms with van der Waals surface area (Å²) >= 11 is 0. The average Bonchev–Trinajstić information content (AvgIpc) is 4.29. The molecule has 0 saturated heterocycles. The average molecular weight is 972 g/mol. The van der Waals surface area contributed by atoms with Crippen molar-refractivity contribution >= 4 is 132 Å². The number of nitrogens with zero attached hydrogens (tertiary/aromatic N) is 3. The van der Waals surface area contributed by atoms with Gasteiger partial charge in [-0.3, -0.25) is 0 Å². The van der Waals surface area contributed by atoms with Crippen molar-refractivity contribution < 1.29 is 13.6 Å². The van der Waals surface area contributed by atoms with Crippen LogP contribution >= 0.6 is 0 Å². The van der Waals surface area contributed by atoms with Gasteiger partial charge in [-0.2, -0.15) is 0 Å². The number of furan rings is 2. The van der Waals surface area contributed by atoms with E-state index < -0.39 is 0 Å². The van der Waals surface area contributed by atoms with Gasteiger partial charge < -0.3 is 27.3 Å². The number of hydrogen-bond donors (Lipinski definition) is 0. The summed E-state index contributed by atoms with van der Waals surface area (Å²) in [7, 11) is 0. The van der Waals surface area contributed by atoms with Gasteiger partial charge >= 0.3 is 0 Å². The highest BCUT2D eigenvalue weighted by molar-refractivity contribution is 6.99. The standard InChI is InChI=1S/C69H42BN3O3/c1-38(2)41-32-59-66-63(34-41)74-62-33-40(39-14-4-3-5-15-39)24-28-52(62)70(66)53-37-51-50-36-43(72-56-22-12-8-18-46(56)47-19-9-13-23-57(47)72)26-31-61(50)76-69(51)65-64-58(73(59)67(53)65)29-27-48-49-35-42(25-30-60(49)75-68(48)64)71-54-20-10-6-16-44(54)45-17-7-11-21-55(45)71/h3-38H,1-2H3. The highest BCUT2D eigenvalue weighted by atomic mass is 16.5. The lowest BCUT2D eigenvalue weighted by atomic mass is 9.34. The normalized spacial score (nSPS) is 13.1. The molecule has 0 fully saturated rings. The maximum Gasteiger partial charge on any atom is 0.256 e. The molecule has 7 heterocycles. The van der Waals surface area contributed by atoms with Crippen LogP contribution < -0.4 is 21.1 Å². The van der Waals surface area contributed by atoms with Crippen molar-refractivity contribution in [3.63, 3.8) is 0 Å². The van der Waals surface area contributed by atoms with Gasteiger partial charge in [-0.25, -0.2) is 0 Å². The second-order valence-corrected chi connectivity index (χ2v) is 21.3. The van der Waals surface area contributed by atoms with E-state index in [2.05, 4.69) is 240 Å². The molecule has 0 unspecified atom stereocenters. The predicted octanol–water partition coefficient (Wildman–Crippen LogP) is 16.5. The Kier molecular flexibility index (Phi) is 7.78. The molecule has 7 heteroatoms. The molecule has 6 nitrogen and oxygen atoms in total. The summed E-state index contributed by atoms with van der Waals surface area (Å²) in [6, 6.07) is 77.4. The van der Waals surface area contributed by atoms with Crippen LogP contribution in [0.5, 0.6) is 11.5 Å². The molecule has 16 aromatic rings. The fourth-order valence-corrected chi connectivity index (χ4v) is 13.7. The van der Waals surface area contributed by atoms with Gasteiger partial charge in [0, 0.05) is 60.2 Å². The zero-order chi connectivity index (χ0) is 49.7. The minimum atomic E-state index is -0.131. The molecule has 11 aromatic carbocycles. The van der Waals surface area contributed by atoms with Crippen LogP contribution in [-0.2, 0) is 0 Å². The van der Waals surface area contributed by atoms with Crippen molar-refractivity contribution in [2.24, 2.45) is 0 Å². The van der Waals surface area contributed by atoms with Crippen LogP contribution in [0.25, 0.3) is 137 Å². The maximum atomic E-state index is 7.33. The summed E-state index contributed by atoms with van der Waals surface area (Å²) < 4.78 is 29.1. The third kappa shape index (κ3) is 5.21. The molecule has 2 aliphatic heterocycles. The van der Waals surface area contributed by atoms with Gasteiger partial charge in [0.2, 0.25) is 0 Å². The number of ether oxygens (including phenoxy) is 1. The highest BCUT2D eigenvalue weighted by Crippen LogP contribution is 2.48. The Morgan fingerprint density at radius 3 is 1.55 bits per heavy atom. The van der Waals surface area contributed by atoms with Crippen LogP contribution in [0.4, 0.5) is 0 Å². The van der Waals surface area contributed by atoms with Crippen LogP contribution in [0, 0.1) is 0 Å². The number of fused-ring (bicyclic) bond motifs is 21. The summed E-state index contributed by atoms with van der Waals surface area (Å²) in [5.41, 5.74) is 20.6. The smallest absolute Gasteiger partial charge is 0.256 e. The summed E-state index contributed by atoms with van der Waals surface area (Å²) in [4.78, 5) is 0. The van der Waals surface area contributed by atoms with Crippen molar-refractivity contribution in [1.82, 2.24) is 13.7 Å². The van der Waals surface area contributed by atoms with E-state index in [-0.39, 0.29) is 12.6 Å². The maximum absolute atomic E-state index is 7.33. The minimum Gasteiger partial charge on any atom is -0.458 e. The van der Waals surface area contributed by atoms with Crippen molar-refractivity contribution in [2.75, 3.05) is 0 Å². The molecule has 0 aliphatic carbocycles. The van der Waals surface area contributed by atoms with Gasteiger partial charge in [-0.1, -0.05) is 135 Å². The number of aromatic nitrogens is 3. The van der Waals surface area contributed by atoms with Gasteiger partial charge in [0.15, 0.2) is 0 Å². The van der Waals surface area contributed by atoms with E-state index in [4.69, 9.17) is 13.6 Å². The van der Waals surface area contributed by atoms with E-state index in [9.17, 15) is 0 Å². The lowest BCUT2D eigenvalue weighted by Gasteiger charge is -2.34. The fourth-order valence-electron chi connectivity index (χ4n) is 13.7. The molecule has 0 amide bonds. The van der Waals surface area contributed by atoms with Gasteiger partial charge in [-0.15, -0.1) is 0 Å². The second kappa shape index (κ2) is 14.5. The number of hydrogen-bond acceptors (Lipinski definition) is 3. The van der Waals surface area contributed by atoms with E-state index in [1.165, 1.54) is 60.1 Å². The number of benzene rings is 11. The quantitative estimate of drug-likeness (QED) is 0.165. The Morgan fingerprint density at radius 2 is 0.947 bits per heavy atom. The lowest BCUT2D eigenvalue weighted by molar-refractivity contribution is 0.486. The van der Waals surface area contributed by atoms with Gasteiger partial charge in [0.1, 0.15) is 33.8 Å². The van der Waals surface area contributed by atoms with Crippen LogP contribution in [0.15, 0.2) is 221 Å². The molecule has 18 rings (SSSR count). The molecule has 0 atom stereocenters. The lowest BCUT2D eigenvalue weighted by Crippen LogP contribution is -2.58. The van der Waals surface area contributed by atoms with E-state index >= 15 is 0 Å². The SMILES string of the molecule is CC(C)c1cc2c3c(c1)-n1c4ccc5c6cc(-n7c8ccccc8c8ccccc87)ccc6oc5c4c4c5oc6ccc(-n7c8ccccc8c8ccccc87)cc6c5cc(c41)B3c1ccc(-c3ccccc3)cc1O2. The van der Waals surface area contributed by atoms with E-state index in [0.717, 1.165) is 111 Å². The van der Waals surface area contributed by atoms with E-state index in [0.29, 0.717) is 0 Å². The zero-order valence-electron chi connectivity index (χ0n) is 41.4. The molecule has 354 valence electrons. The van der Waals surface area contributed by atoms with Gasteiger partial charge in [0.25, 0.3) is 6.71 Å². The van der Waals surface area contributed by atoms with Crippen molar-refractivity contribution in [3.05, 3.63) is 218 Å². The molecule has 0 N–H and O–H groups in total. The Hall–Kier alpha value is -9.72. The van der Waals surface area contributed by atoms with Gasteiger partial charge in [0.05, 0.1) is 43.9 Å². The molecule has 0 saturated carbocycles. The minimum absolute atomic E-state index is 0.131. The highest BCUT2D eigenvalue weighted by Gasteiger charge is 2.42. The third-order valence-corrected chi connectivity index (χ3v) is 17.0. The molecule has 76 heavy (non-hydrogen) atoms. The summed E-state index contributed by atoms with van der Waals surface area (Å²) in [5.74, 6) is 2.04. The number of rotatable bonds is 4. The van der Waals surface area contributed by atoms with Crippen LogP contribution in [0.3, 0.4) is 0 Å². The molecule has 2 aliphatic rings. The summed E-state index contributed by atoms with van der Waals surface area (Å²) in [6.45, 7) is 4.41. The molecule has 0 radical (unpaired) electrons. The summed E-state index contributed by atoms with van der Waals surface area (Å²) in [5, 5.41) is 11.3. The Labute approximate surface area is 434 Å². The zero-order valence-corrected chi connectivity index (χ0v) is 41.4. The first-order valence-electron chi connectivity index (χ1n) is 26.4. The third-order valence-electron chi connectivity index (χ3n) is 17.0. The topological polar surface area (TPSA) is 50.3 Å². The molecule has 0 bridgehead atoms.